The summed E-state index contributed by atoms with van der Waals surface area (Å²) in [4.78, 5) is 24.2. The summed E-state index contributed by atoms with van der Waals surface area (Å²) in [6, 6.07) is 17.8. The van der Waals surface area contributed by atoms with Crippen LogP contribution in [0.4, 0.5) is 0 Å². The van der Waals surface area contributed by atoms with Gasteiger partial charge in [-0.3, -0.25) is 0 Å². The number of esters is 2. The molecule has 2 fully saturated rings. The van der Waals surface area contributed by atoms with E-state index in [1.807, 2.05) is 57.6 Å². The Bertz CT molecular complexity index is 1260. The Morgan fingerprint density at radius 3 is 1.70 bits per heavy atom. The van der Waals surface area contributed by atoms with Gasteiger partial charge in [0.15, 0.2) is 6.23 Å². The average Bonchev–Trinajstić information content (AvgIpc) is 3.71. The highest BCUT2D eigenvalue weighted by Crippen LogP contribution is 2.21. The van der Waals surface area contributed by atoms with Gasteiger partial charge in [0.2, 0.25) is 0 Å². The Hall–Kier alpha value is -4.69. The summed E-state index contributed by atoms with van der Waals surface area (Å²) in [5.41, 5.74) is 10.2. The number of azide groups is 1. The zero-order valence-electron chi connectivity index (χ0n) is 31.3. The molecule has 0 amide bonds. The van der Waals surface area contributed by atoms with E-state index in [1.54, 1.807) is 48.5 Å². The number of terminal acetylenes is 1. The molecule has 3 heterocycles. The first kappa shape index (κ1) is 47.4. The Labute approximate surface area is 299 Å². The summed E-state index contributed by atoms with van der Waals surface area (Å²) in [6.45, 7) is 13.6. The molecule has 12 nitrogen and oxygen atoms in total. The number of rotatable bonds is 5. The van der Waals surface area contributed by atoms with E-state index in [1.165, 1.54) is 27.1 Å². The van der Waals surface area contributed by atoms with E-state index < -0.39 is 0 Å². The van der Waals surface area contributed by atoms with Crippen LogP contribution in [0.3, 0.4) is 0 Å². The van der Waals surface area contributed by atoms with Gasteiger partial charge in [0.1, 0.15) is 6.23 Å². The molecular weight excluding hydrogens is 636 g/mol. The van der Waals surface area contributed by atoms with Crippen LogP contribution in [-0.2, 0) is 25.4 Å². The minimum Gasteiger partial charge on any atom is -0.465 e. The topological polar surface area (TPSA) is 151 Å². The number of carbonyl (C=O) groups is 2. The molecule has 0 spiro atoms. The minimum atomic E-state index is -0.291. The lowest BCUT2D eigenvalue weighted by Crippen LogP contribution is -2.18. The van der Waals surface area contributed by atoms with Crippen LogP contribution in [0.2, 0.25) is 0 Å². The van der Waals surface area contributed by atoms with Crippen molar-refractivity contribution < 1.29 is 28.5 Å². The van der Waals surface area contributed by atoms with Crippen molar-refractivity contribution in [3.8, 4) is 12.3 Å². The van der Waals surface area contributed by atoms with Crippen LogP contribution >= 0.6 is 0 Å². The Morgan fingerprint density at radius 1 is 0.880 bits per heavy atom. The SMILES string of the molecule is C#CCC.CC.CC.CCc1cn([C@H]2CCCCO2)nn1.COC(=O)c1ccccc1.COC(=O)c1ccccc1.[N-]=[N+]=N[C@H]1CCCCO1. The highest BCUT2D eigenvalue weighted by Gasteiger charge is 2.16. The normalized spacial score (nSPS) is 15.1. The Kier molecular flexibility index (Phi) is 32.4. The van der Waals surface area contributed by atoms with Crippen LogP contribution in [0.15, 0.2) is 72.0 Å². The van der Waals surface area contributed by atoms with E-state index in [0.29, 0.717) is 11.1 Å². The Balaban J connectivity index is 0. The maximum atomic E-state index is 10.8. The van der Waals surface area contributed by atoms with Crippen molar-refractivity contribution in [1.82, 2.24) is 15.0 Å². The highest BCUT2D eigenvalue weighted by atomic mass is 16.5. The van der Waals surface area contributed by atoms with E-state index in [9.17, 15) is 9.59 Å². The van der Waals surface area contributed by atoms with Gasteiger partial charge in [-0.1, -0.05) is 88.3 Å². The molecule has 2 aromatic carbocycles. The summed E-state index contributed by atoms with van der Waals surface area (Å²) < 4.78 is 21.5. The van der Waals surface area contributed by atoms with Crippen LogP contribution in [0.25, 0.3) is 10.4 Å². The molecule has 276 valence electrons. The van der Waals surface area contributed by atoms with Crippen LogP contribution in [0.5, 0.6) is 0 Å². The molecule has 12 heteroatoms. The van der Waals surface area contributed by atoms with Crippen LogP contribution < -0.4 is 0 Å². The molecule has 0 aliphatic carbocycles. The third kappa shape index (κ3) is 22.8. The molecule has 2 aliphatic heterocycles. The fourth-order valence-corrected chi connectivity index (χ4v) is 3.81. The maximum Gasteiger partial charge on any atom is 0.337 e. The summed E-state index contributed by atoms with van der Waals surface area (Å²) in [6.07, 6.45) is 15.0. The second-order valence-electron chi connectivity index (χ2n) is 9.66. The first-order chi connectivity index (χ1) is 24.4. The fourth-order valence-electron chi connectivity index (χ4n) is 3.81. The molecule has 2 saturated heterocycles. The number of benzene rings is 2. The van der Waals surface area contributed by atoms with Crippen molar-refractivity contribution in [2.24, 2.45) is 5.11 Å². The van der Waals surface area contributed by atoms with E-state index in [-0.39, 0.29) is 24.4 Å². The van der Waals surface area contributed by atoms with E-state index in [2.05, 4.69) is 42.7 Å². The summed E-state index contributed by atoms with van der Waals surface area (Å²) >= 11 is 0. The van der Waals surface area contributed by atoms with Gasteiger partial charge in [0.25, 0.3) is 0 Å². The van der Waals surface area contributed by atoms with Gasteiger partial charge in [-0.2, -0.15) is 0 Å². The van der Waals surface area contributed by atoms with Gasteiger partial charge >= 0.3 is 11.9 Å². The first-order valence-electron chi connectivity index (χ1n) is 17.3. The van der Waals surface area contributed by atoms with Gasteiger partial charge in [-0.05, 0) is 74.7 Å². The number of aryl methyl sites for hydroxylation is 1. The van der Waals surface area contributed by atoms with Crippen LogP contribution in [-0.4, -0.2) is 60.6 Å². The average molecular weight is 695 g/mol. The van der Waals surface area contributed by atoms with E-state index in [0.717, 1.165) is 57.4 Å². The zero-order chi connectivity index (χ0) is 37.8. The monoisotopic (exact) mass is 694 g/mol. The van der Waals surface area contributed by atoms with Gasteiger partial charge < -0.3 is 18.9 Å². The maximum absolute atomic E-state index is 10.8. The van der Waals surface area contributed by atoms with Gasteiger partial charge in [-0.15, -0.1) is 17.4 Å². The molecule has 2 atom stereocenters. The predicted octanol–water partition coefficient (Wildman–Crippen LogP) is 9.39. The molecule has 0 unspecified atom stereocenters. The van der Waals surface area contributed by atoms with Crippen molar-refractivity contribution >= 4 is 11.9 Å². The Morgan fingerprint density at radius 2 is 1.36 bits per heavy atom. The van der Waals surface area contributed by atoms with Crippen molar-refractivity contribution in [1.29, 1.82) is 0 Å². The third-order valence-corrected chi connectivity index (χ3v) is 6.30. The third-order valence-electron chi connectivity index (χ3n) is 6.30. The largest absolute Gasteiger partial charge is 0.465 e. The van der Waals surface area contributed by atoms with Crippen LogP contribution in [0.1, 0.15) is 119 Å². The second kappa shape index (κ2) is 34.2. The summed E-state index contributed by atoms with van der Waals surface area (Å²) in [5.74, 6) is 1.85. The molecule has 0 saturated carbocycles. The number of methoxy groups -OCH3 is 2. The van der Waals surface area contributed by atoms with Gasteiger partial charge in [0.05, 0.1) is 37.2 Å². The first-order valence-corrected chi connectivity index (χ1v) is 17.3. The number of carbonyl (C=O) groups excluding carboxylic acids is 2. The molecule has 0 bridgehead atoms. The van der Waals surface area contributed by atoms with Crippen molar-refractivity contribution in [2.75, 3.05) is 27.4 Å². The highest BCUT2D eigenvalue weighted by molar-refractivity contribution is 5.89. The molecule has 1 aromatic heterocycles. The fraction of sp³-hybridized carbons (Fsp3) is 0.526. The second-order valence-corrected chi connectivity index (χ2v) is 9.66. The summed E-state index contributed by atoms with van der Waals surface area (Å²) in [7, 11) is 2.74. The number of nitrogens with zero attached hydrogens (tertiary/aromatic N) is 6. The lowest BCUT2D eigenvalue weighted by Gasteiger charge is -2.21. The molecule has 2 aliphatic rings. The molecule has 0 N–H and O–H groups in total. The quantitative estimate of drug-likeness (QED) is 0.0842. The number of aromatic nitrogens is 3. The number of ether oxygens (including phenoxy) is 4. The molecule has 50 heavy (non-hydrogen) atoms. The number of hydrogen-bond acceptors (Lipinski definition) is 9. The van der Waals surface area contributed by atoms with E-state index in [4.69, 9.17) is 21.4 Å². The number of hydrogen-bond donors (Lipinski definition) is 0. The van der Waals surface area contributed by atoms with Crippen molar-refractivity contribution in [3.05, 3.63) is 94.1 Å². The lowest BCUT2D eigenvalue weighted by molar-refractivity contribution is -0.0405. The smallest absolute Gasteiger partial charge is 0.337 e. The van der Waals surface area contributed by atoms with Crippen molar-refractivity contribution in [3.63, 3.8) is 0 Å². The minimum absolute atomic E-state index is 0.126. The predicted molar refractivity (Wildman–Crippen MR) is 198 cm³/mol. The summed E-state index contributed by atoms with van der Waals surface area (Å²) in [5, 5.41) is 11.5. The lowest BCUT2D eigenvalue weighted by atomic mass is 10.2. The zero-order valence-corrected chi connectivity index (χ0v) is 31.3. The van der Waals surface area contributed by atoms with Gasteiger partial charge in [-0.25, -0.2) is 14.3 Å². The standard InChI is InChI=1S/C9H15N3O.2C8H8O2.C5H9N3O.C4H6.2C2H6/c1-2-8-7-12(11-10-8)9-5-3-4-6-13-9;2*1-10-8(9)7-5-3-2-4-6-7;6-8-7-5-3-1-2-4-9-5;1-3-4-2;2*1-2/h7,9H,2-6H2,1H3;2*2-6H,1H3;5H,1-4H2;1H,4H2,2H3;2*1-2H3/t9-;;;5-;;;/m1..1.../s1. The molecule has 5 rings (SSSR count). The molecular formula is C38H58N6O6. The van der Waals surface area contributed by atoms with Crippen molar-refractivity contribution in [2.45, 2.75) is 105 Å². The van der Waals surface area contributed by atoms with Gasteiger partial charge in [0, 0.05) is 24.5 Å². The van der Waals surface area contributed by atoms with Crippen LogP contribution in [0, 0.1) is 12.3 Å². The molecule has 0 radical (unpaired) electrons. The molecule has 3 aromatic rings. The van der Waals surface area contributed by atoms with E-state index >= 15 is 0 Å².